The summed E-state index contributed by atoms with van der Waals surface area (Å²) in [7, 11) is 3.53. The van der Waals surface area contributed by atoms with Crippen molar-refractivity contribution < 1.29 is 4.79 Å². The van der Waals surface area contributed by atoms with Crippen LogP contribution in [0.3, 0.4) is 0 Å². The second-order valence-electron chi connectivity index (χ2n) is 3.40. The second-order valence-corrected chi connectivity index (χ2v) is 3.40. The summed E-state index contributed by atoms with van der Waals surface area (Å²) >= 11 is 0. The summed E-state index contributed by atoms with van der Waals surface area (Å²) in [5.74, 6) is 0.902. The summed E-state index contributed by atoms with van der Waals surface area (Å²) < 4.78 is 1.87. The summed E-state index contributed by atoms with van der Waals surface area (Å²) in [4.78, 5) is 11.2. The third kappa shape index (κ3) is 3.32. The first-order valence-electron chi connectivity index (χ1n) is 4.93. The summed E-state index contributed by atoms with van der Waals surface area (Å²) in [5, 5.41) is 13.4. The molecule has 84 valence electrons. The van der Waals surface area contributed by atoms with Gasteiger partial charge in [0.05, 0.1) is 6.04 Å². The van der Waals surface area contributed by atoms with Crippen molar-refractivity contribution in [3.63, 3.8) is 0 Å². The van der Waals surface area contributed by atoms with Crippen LogP contribution in [0.2, 0.25) is 0 Å². The van der Waals surface area contributed by atoms with Crippen LogP contribution in [0.15, 0.2) is 6.33 Å². The number of carbonyl (C=O) groups excluding carboxylic acids is 1. The van der Waals surface area contributed by atoms with E-state index in [0.29, 0.717) is 6.54 Å². The minimum Gasteiger partial charge on any atom is -0.358 e. The van der Waals surface area contributed by atoms with E-state index in [1.54, 1.807) is 13.4 Å². The summed E-state index contributed by atoms with van der Waals surface area (Å²) in [5.41, 5.74) is 0. The van der Waals surface area contributed by atoms with Crippen molar-refractivity contribution in [2.45, 2.75) is 19.4 Å². The number of hydrogen-bond acceptors (Lipinski definition) is 4. The lowest BCUT2D eigenvalue weighted by atomic mass is 10.3. The van der Waals surface area contributed by atoms with E-state index >= 15 is 0 Å². The Labute approximate surface area is 89.1 Å². The van der Waals surface area contributed by atoms with E-state index < -0.39 is 0 Å². The molecule has 1 unspecified atom stereocenters. The average molecular weight is 211 g/mol. The number of likely N-dealkylation sites (N-methyl/N-ethyl adjacent to an activating group) is 1. The molecule has 6 nitrogen and oxygen atoms in total. The number of aromatic nitrogens is 3. The first-order valence-corrected chi connectivity index (χ1v) is 4.93. The molecule has 1 aromatic heterocycles. The molecule has 1 atom stereocenters. The lowest BCUT2D eigenvalue weighted by Gasteiger charge is -2.11. The molecule has 0 saturated carbocycles. The van der Waals surface area contributed by atoms with E-state index in [4.69, 9.17) is 0 Å². The molecule has 15 heavy (non-hydrogen) atoms. The number of rotatable bonds is 5. The average Bonchev–Trinajstić information content (AvgIpc) is 2.63. The molecule has 0 aliphatic heterocycles. The summed E-state index contributed by atoms with van der Waals surface area (Å²) in [6.07, 6.45) is 2.43. The lowest BCUT2D eigenvalue weighted by Crippen LogP contribution is -2.41. The van der Waals surface area contributed by atoms with Crippen LogP contribution in [0.5, 0.6) is 0 Å². The van der Waals surface area contributed by atoms with Gasteiger partial charge in [-0.05, 0) is 6.92 Å². The first-order chi connectivity index (χ1) is 7.15. The van der Waals surface area contributed by atoms with Gasteiger partial charge in [0.1, 0.15) is 12.2 Å². The fourth-order valence-corrected chi connectivity index (χ4v) is 1.24. The topological polar surface area (TPSA) is 71.8 Å². The number of aryl methyl sites for hydroxylation is 1. The number of amides is 1. The Bertz CT molecular complexity index is 322. The van der Waals surface area contributed by atoms with Crippen molar-refractivity contribution in [3.8, 4) is 0 Å². The van der Waals surface area contributed by atoms with Gasteiger partial charge < -0.3 is 15.2 Å². The maximum Gasteiger partial charge on any atom is 0.236 e. The molecule has 1 amide bonds. The highest BCUT2D eigenvalue weighted by Crippen LogP contribution is 1.92. The standard InChI is InChI=1S/C9H17N5O/c1-7(9(15)10-2)11-5-4-8-13-12-6-14(8)3/h6-7,11H,4-5H2,1-3H3,(H,10,15). The molecular weight excluding hydrogens is 194 g/mol. The Balaban J connectivity index is 2.28. The highest BCUT2D eigenvalue weighted by atomic mass is 16.2. The van der Waals surface area contributed by atoms with Gasteiger partial charge >= 0.3 is 0 Å². The molecule has 0 bridgehead atoms. The molecule has 1 aromatic rings. The number of nitrogens with one attached hydrogen (secondary N) is 2. The molecule has 0 radical (unpaired) electrons. The Morgan fingerprint density at radius 1 is 1.67 bits per heavy atom. The monoisotopic (exact) mass is 211 g/mol. The Morgan fingerprint density at radius 3 is 2.93 bits per heavy atom. The fourth-order valence-electron chi connectivity index (χ4n) is 1.24. The third-order valence-corrected chi connectivity index (χ3v) is 2.24. The van der Waals surface area contributed by atoms with Gasteiger partial charge in [-0.15, -0.1) is 10.2 Å². The highest BCUT2D eigenvalue weighted by molar-refractivity contribution is 5.80. The van der Waals surface area contributed by atoms with Crippen molar-refractivity contribution in [3.05, 3.63) is 12.2 Å². The van der Waals surface area contributed by atoms with Gasteiger partial charge in [0.15, 0.2) is 0 Å². The number of hydrogen-bond donors (Lipinski definition) is 2. The molecule has 0 aliphatic rings. The van der Waals surface area contributed by atoms with Crippen LogP contribution in [0.4, 0.5) is 0 Å². The van der Waals surface area contributed by atoms with Crippen LogP contribution in [0.1, 0.15) is 12.7 Å². The van der Waals surface area contributed by atoms with Crippen molar-refractivity contribution in [1.82, 2.24) is 25.4 Å². The molecule has 0 aromatic carbocycles. The minimum absolute atomic E-state index is 0.00651. The largest absolute Gasteiger partial charge is 0.358 e. The van der Waals surface area contributed by atoms with Crippen molar-refractivity contribution in [1.29, 1.82) is 0 Å². The smallest absolute Gasteiger partial charge is 0.236 e. The van der Waals surface area contributed by atoms with E-state index in [9.17, 15) is 4.79 Å². The summed E-state index contributed by atoms with van der Waals surface area (Å²) in [6, 6.07) is -0.178. The van der Waals surface area contributed by atoms with Gasteiger partial charge in [0.25, 0.3) is 0 Å². The molecule has 0 spiro atoms. The number of carbonyl (C=O) groups is 1. The van der Waals surface area contributed by atoms with Crippen LogP contribution in [-0.4, -0.2) is 40.3 Å². The minimum atomic E-state index is -0.178. The van der Waals surface area contributed by atoms with E-state index in [2.05, 4.69) is 20.8 Å². The number of nitrogens with zero attached hydrogens (tertiary/aromatic N) is 3. The van der Waals surface area contributed by atoms with Gasteiger partial charge in [-0.3, -0.25) is 4.79 Å². The van der Waals surface area contributed by atoms with Gasteiger partial charge in [-0.25, -0.2) is 0 Å². The molecule has 1 heterocycles. The van der Waals surface area contributed by atoms with Crippen molar-refractivity contribution >= 4 is 5.91 Å². The van der Waals surface area contributed by atoms with Crippen molar-refractivity contribution in [2.24, 2.45) is 7.05 Å². The SMILES string of the molecule is CNC(=O)C(C)NCCc1nncn1C. The maximum atomic E-state index is 11.2. The molecule has 1 rings (SSSR count). The van der Waals surface area contributed by atoms with Crippen molar-refractivity contribution in [2.75, 3.05) is 13.6 Å². The molecule has 6 heteroatoms. The van der Waals surface area contributed by atoms with E-state index in [1.165, 1.54) is 0 Å². The van der Waals surface area contributed by atoms with Crippen LogP contribution >= 0.6 is 0 Å². The molecule has 0 fully saturated rings. The quantitative estimate of drug-likeness (QED) is 0.661. The Kier molecular flexibility index (Phi) is 4.23. The Hall–Kier alpha value is -1.43. The van der Waals surface area contributed by atoms with Gasteiger partial charge in [-0.1, -0.05) is 0 Å². The molecule has 0 saturated heterocycles. The Morgan fingerprint density at radius 2 is 2.40 bits per heavy atom. The molecule has 2 N–H and O–H groups in total. The maximum absolute atomic E-state index is 11.2. The van der Waals surface area contributed by atoms with E-state index in [0.717, 1.165) is 12.2 Å². The summed E-state index contributed by atoms with van der Waals surface area (Å²) in [6.45, 7) is 2.54. The molecule has 0 aliphatic carbocycles. The zero-order chi connectivity index (χ0) is 11.3. The zero-order valence-corrected chi connectivity index (χ0v) is 9.32. The second kappa shape index (κ2) is 5.45. The predicted octanol–water partition coefficient (Wildman–Crippen LogP) is -0.918. The normalized spacial score (nSPS) is 12.5. The van der Waals surface area contributed by atoms with E-state index in [1.807, 2.05) is 18.5 Å². The third-order valence-electron chi connectivity index (χ3n) is 2.24. The van der Waals surface area contributed by atoms with Crippen LogP contribution in [-0.2, 0) is 18.3 Å². The van der Waals surface area contributed by atoms with Crippen LogP contribution in [0.25, 0.3) is 0 Å². The lowest BCUT2D eigenvalue weighted by molar-refractivity contribution is -0.122. The van der Waals surface area contributed by atoms with Crippen LogP contribution < -0.4 is 10.6 Å². The first kappa shape index (κ1) is 11.6. The molecular formula is C9H17N5O. The highest BCUT2D eigenvalue weighted by Gasteiger charge is 2.09. The van der Waals surface area contributed by atoms with Gasteiger partial charge in [0, 0.05) is 27.1 Å². The van der Waals surface area contributed by atoms with Crippen LogP contribution in [0, 0.1) is 0 Å². The van der Waals surface area contributed by atoms with Gasteiger partial charge in [0.2, 0.25) is 5.91 Å². The van der Waals surface area contributed by atoms with Gasteiger partial charge in [-0.2, -0.15) is 0 Å². The fraction of sp³-hybridized carbons (Fsp3) is 0.667. The van der Waals surface area contributed by atoms with E-state index in [-0.39, 0.29) is 11.9 Å². The zero-order valence-electron chi connectivity index (χ0n) is 9.32. The predicted molar refractivity (Wildman–Crippen MR) is 56.2 cm³/mol.